The molecule has 0 bridgehead atoms. The van der Waals surface area contributed by atoms with Crippen molar-refractivity contribution in [2.75, 3.05) is 18.6 Å². The summed E-state index contributed by atoms with van der Waals surface area (Å²) in [7, 11) is 1.55. The van der Waals surface area contributed by atoms with Crippen LogP contribution < -0.4 is 9.64 Å². The summed E-state index contributed by atoms with van der Waals surface area (Å²) in [5.41, 5.74) is 3.49. The monoisotopic (exact) mass is 485 g/mol. The van der Waals surface area contributed by atoms with Crippen molar-refractivity contribution < 1.29 is 29.0 Å². The fourth-order valence-electron chi connectivity index (χ4n) is 4.44. The number of nitrogens with zero attached hydrogens (tertiary/aromatic N) is 1. The molecule has 3 aromatic rings. The molecule has 1 aliphatic heterocycles. The second kappa shape index (κ2) is 10.1. The molecule has 7 heteroatoms. The third-order valence-electron chi connectivity index (χ3n) is 6.25. The maximum absolute atomic E-state index is 13.4. The molecule has 1 N–H and O–H groups in total. The van der Waals surface area contributed by atoms with Crippen molar-refractivity contribution >= 4 is 29.1 Å². The van der Waals surface area contributed by atoms with Crippen molar-refractivity contribution in [3.05, 3.63) is 100 Å². The summed E-state index contributed by atoms with van der Waals surface area (Å²) in [5, 5.41) is 11.3. The lowest BCUT2D eigenvalue weighted by atomic mass is 9.92. The van der Waals surface area contributed by atoms with Gasteiger partial charge in [0.05, 0.1) is 30.9 Å². The normalized spacial score (nSPS) is 16.8. The van der Waals surface area contributed by atoms with E-state index in [1.807, 2.05) is 38.1 Å². The van der Waals surface area contributed by atoms with Crippen molar-refractivity contribution in [1.29, 1.82) is 0 Å². The molecule has 1 heterocycles. The summed E-state index contributed by atoms with van der Waals surface area (Å²) >= 11 is 0. The zero-order valence-electron chi connectivity index (χ0n) is 20.6. The van der Waals surface area contributed by atoms with E-state index in [2.05, 4.69) is 0 Å². The second-order valence-corrected chi connectivity index (χ2v) is 8.48. The molecular formula is C29H27NO6. The molecule has 0 spiro atoms. The number of aryl methyl sites for hydroxylation is 2. The van der Waals surface area contributed by atoms with Crippen LogP contribution >= 0.6 is 0 Å². The molecule has 1 amide bonds. The van der Waals surface area contributed by atoms with Crippen LogP contribution in [0.1, 0.15) is 45.6 Å². The largest absolute Gasteiger partial charge is 0.507 e. The molecule has 0 aromatic heterocycles. The lowest BCUT2D eigenvalue weighted by Crippen LogP contribution is -2.29. The Kier molecular flexibility index (Phi) is 6.92. The van der Waals surface area contributed by atoms with E-state index < -0.39 is 23.7 Å². The van der Waals surface area contributed by atoms with E-state index in [0.717, 1.165) is 11.1 Å². The van der Waals surface area contributed by atoms with Crippen molar-refractivity contribution in [2.45, 2.75) is 26.8 Å². The predicted octanol–water partition coefficient (Wildman–Crippen LogP) is 5.12. The summed E-state index contributed by atoms with van der Waals surface area (Å²) < 4.78 is 10.3. The third-order valence-corrected chi connectivity index (χ3v) is 6.25. The minimum absolute atomic E-state index is 0.00617. The van der Waals surface area contributed by atoms with Gasteiger partial charge in [0.25, 0.3) is 11.7 Å². The molecule has 7 nitrogen and oxygen atoms in total. The van der Waals surface area contributed by atoms with E-state index in [1.165, 1.54) is 4.90 Å². The number of carbonyl (C=O) groups is 3. The number of aliphatic hydroxyl groups is 1. The van der Waals surface area contributed by atoms with Gasteiger partial charge < -0.3 is 14.6 Å². The van der Waals surface area contributed by atoms with Crippen LogP contribution in [-0.2, 0) is 14.3 Å². The highest BCUT2D eigenvalue weighted by atomic mass is 16.5. The molecule has 1 atom stereocenters. The van der Waals surface area contributed by atoms with Crippen molar-refractivity contribution in [1.82, 2.24) is 0 Å². The molecule has 4 rings (SSSR count). The Morgan fingerprint density at radius 2 is 1.61 bits per heavy atom. The maximum atomic E-state index is 13.4. The van der Waals surface area contributed by atoms with Gasteiger partial charge in [-0.15, -0.1) is 0 Å². The SMILES string of the molecule is CCOC(=O)c1ccc(N2C(=O)C(=O)/C(=C(/O)c3ccc(OC)c(C)c3)C2c2ccccc2C)cc1. The number of benzene rings is 3. The molecule has 1 fully saturated rings. The predicted molar refractivity (Wildman–Crippen MR) is 136 cm³/mol. The number of hydrogen-bond donors (Lipinski definition) is 1. The number of carbonyl (C=O) groups excluding carboxylic acids is 3. The Morgan fingerprint density at radius 1 is 0.944 bits per heavy atom. The van der Waals surface area contributed by atoms with Crippen LogP contribution in [0.25, 0.3) is 5.76 Å². The van der Waals surface area contributed by atoms with Gasteiger partial charge in [-0.2, -0.15) is 0 Å². The molecule has 3 aromatic carbocycles. The maximum Gasteiger partial charge on any atom is 0.338 e. The lowest BCUT2D eigenvalue weighted by molar-refractivity contribution is -0.132. The second-order valence-electron chi connectivity index (χ2n) is 8.48. The topological polar surface area (TPSA) is 93.1 Å². The molecule has 1 unspecified atom stereocenters. The molecule has 36 heavy (non-hydrogen) atoms. The first-order valence-electron chi connectivity index (χ1n) is 11.6. The van der Waals surface area contributed by atoms with E-state index in [0.29, 0.717) is 28.1 Å². The average molecular weight is 486 g/mol. The number of ether oxygens (including phenoxy) is 2. The van der Waals surface area contributed by atoms with Gasteiger partial charge in [0.15, 0.2) is 0 Å². The number of rotatable bonds is 6. The first kappa shape index (κ1) is 24.7. The summed E-state index contributed by atoms with van der Waals surface area (Å²) in [6, 6.07) is 17.9. The Morgan fingerprint density at radius 3 is 2.22 bits per heavy atom. The number of methoxy groups -OCH3 is 1. The molecule has 0 aliphatic carbocycles. The highest BCUT2D eigenvalue weighted by Gasteiger charge is 2.47. The van der Waals surface area contributed by atoms with Crippen LogP contribution in [0.15, 0.2) is 72.3 Å². The first-order valence-corrected chi connectivity index (χ1v) is 11.6. The van der Waals surface area contributed by atoms with E-state index in [4.69, 9.17) is 9.47 Å². The molecule has 1 saturated heterocycles. The summed E-state index contributed by atoms with van der Waals surface area (Å²) in [6.07, 6.45) is 0. The summed E-state index contributed by atoms with van der Waals surface area (Å²) in [4.78, 5) is 40.2. The number of aliphatic hydroxyl groups excluding tert-OH is 1. The highest BCUT2D eigenvalue weighted by molar-refractivity contribution is 6.51. The van der Waals surface area contributed by atoms with E-state index in [1.54, 1.807) is 56.5 Å². The smallest absolute Gasteiger partial charge is 0.338 e. The number of ketones is 1. The van der Waals surface area contributed by atoms with Crippen LogP contribution in [0.4, 0.5) is 5.69 Å². The van der Waals surface area contributed by atoms with Crippen LogP contribution in [0.5, 0.6) is 5.75 Å². The molecule has 1 aliphatic rings. The summed E-state index contributed by atoms with van der Waals surface area (Å²) in [5.74, 6) is -1.65. The van der Waals surface area contributed by atoms with Crippen molar-refractivity contribution in [2.24, 2.45) is 0 Å². The van der Waals surface area contributed by atoms with Gasteiger partial charge in [-0.3, -0.25) is 14.5 Å². The fourth-order valence-corrected chi connectivity index (χ4v) is 4.44. The number of Topliss-reactive ketones (excluding diaryl/α,β-unsaturated/α-hetero) is 1. The molecule has 0 radical (unpaired) electrons. The summed E-state index contributed by atoms with van der Waals surface area (Å²) in [6.45, 7) is 5.68. The molecular weight excluding hydrogens is 458 g/mol. The quantitative estimate of drug-likeness (QED) is 0.226. The van der Waals surface area contributed by atoms with Gasteiger partial charge in [0.2, 0.25) is 0 Å². The fraction of sp³-hybridized carbons (Fsp3) is 0.207. The van der Waals surface area contributed by atoms with Crippen LogP contribution in [0, 0.1) is 13.8 Å². The van der Waals surface area contributed by atoms with Gasteiger partial charge in [0, 0.05) is 11.3 Å². The Bertz CT molecular complexity index is 1370. The number of esters is 1. The van der Waals surface area contributed by atoms with Gasteiger partial charge in [0.1, 0.15) is 11.5 Å². The van der Waals surface area contributed by atoms with Crippen LogP contribution in [0.3, 0.4) is 0 Å². The molecule has 0 saturated carbocycles. The Hall–Kier alpha value is -4.39. The van der Waals surface area contributed by atoms with Crippen molar-refractivity contribution in [3.63, 3.8) is 0 Å². The van der Waals surface area contributed by atoms with Crippen LogP contribution in [-0.4, -0.2) is 36.5 Å². The standard InChI is InChI=1S/C29H27NO6/c1-5-36-29(34)19-10-13-21(14-11-19)30-25(22-9-7-6-8-17(22)2)24(27(32)28(30)33)26(31)20-12-15-23(35-4)18(3)16-20/h6-16,25,31H,5H2,1-4H3/b26-24+. The van der Waals surface area contributed by atoms with Gasteiger partial charge in [-0.25, -0.2) is 4.79 Å². The van der Waals surface area contributed by atoms with Crippen LogP contribution in [0.2, 0.25) is 0 Å². The number of anilines is 1. The lowest BCUT2D eigenvalue weighted by Gasteiger charge is -2.26. The zero-order valence-corrected chi connectivity index (χ0v) is 20.6. The molecule has 184 valence electrons. The Balaban J connectivity index is 1.88. The third kappa shape index (κ3) is 4.35. The van der Waals surface area contributed by atoms with Crippen molar-refractivity contribution in [3.8, 4) is 5.75 Å². The zero-order chi connectivity index (χ0) is 26.0. The average Bonchev–Trinajstić information content (AvgIpc) is 3.14. The van der Waals surface area contributed by atoms with Gasteiger partial charge in [-0.05, 0) is 79.9 Å². The highest BCUT2D eigenvalue weighted by Crippen LogP contribution is 2.43. The minimum atomic E-state index is -0.859. The van der Waals surface area contributed by atoms with E-state index in [9.17, 15) is 19.5 Å². The minimum Gasteiger partial charge on any atom is -0.507 e. The van der Waals surface area contributed by atoms with E-state index >= 15 is 0 Å². The number of amides is 1. The van der Waals surface area contributed by atoms with E-state index in [-0.39, 0.29) is 17.9 Å². The Labute approximate surface area is 209 Å². The van der Waals surface area contributed by atoms with Gasteiger partial charge in [-0.1, -0.05) is 24.3 Å². The first-order chi connectivity index (χ1) is 17.3. The number of hydrogen-bond acceptors (Lipinski definition) is 6. The van der Waals surface area contributed by atoms with Gasteiger partial charge >= 0.3 is 5.97 Å².